The maximum absolute atomic E-state index is 13.2. The zero-order valence-electron chi connectivity index (χ0n) is 23.5. The van der Waals surface area contributed by atoms with Crippen molar-refractivity contribution < 1.29 is 19.2 Å². The number of rotatable bonds is 16. The Hall–Kier alpha value is -2.16. The first-order valence-electron chi connectivity index (χ1n) is 14.6. The van der Waals surface area contributed by atoms with Gasteiger partial charge in [-0.05, 0) is 44.6 Å². The molecule has 0 saturated carbocycles. The van der Waals surface area contributed by atoms with Crippen LogP contribution in [0.4, 0.5) is 0 Å². The van der Waals surface area contributed by atoms with E-state index < -0.39 is 18.0 Å². The molecule has 0 unspecified atom stereocenters. The van der Waals surface area contributed by atoms with Crippen molar-refractivity contribution in [3.05, 3.63) is 0 Å². The summed E-state index contributed by atoms with van der Waals surface area (Å²) in [6.07, 6.45) is 13.8. The number of nitrogens with one attached hydrogen (secondary N) is 4. The van der Waals surface area contributed by atoms with Gasteiger partial charge in [0.05, 0.1) is 6.54 Å². The molecule has 1 aliphatic rings. The quantitative estimate of drug-likeness (QED) is 0.198. The number of hydrogen-bond acceptors (Lipinski definition) is 5. The lowest BCUT2D eigenvalue weighted by Crippen LogP contribution is -2.55. The minimum atomic E-state index is -0.781. The molecule has 214 valence electrons. The maximum atomic E-state index is 13.2. The number of unbranched alkanes of at least 4 members (excludes halogenated alkanes) is 9. The van der Waals surface area contributed by atoms with Crippen molar-refractivity contribution in [1.82, 2.24) is 21.3 Å². The maximum Gasteiger partial charge on any atom is 0.243 e. The Balaban J connectivity index is 2.81. The Morgan fingerprint density at radius 1 is 0.730 bits per heavy atom. The van der Waals surface area contributed by atoms with Crippen LogP contribution in [-0.2, 0) is 19.2 Å². The smallest absolute Gasteiger partial charge is 0.243 e. The molecular formula is C28H53N5O4. The van der Waals surface area contributed by atoms with E-state index in [-0.39, 0.29) is 42.6 Å². The third-order valence-electron chi connectivity index (χ3n) is 6.82. The largest absolute Gasteiger partial charge is 0.351 e. The van der Waals surface area contributed by atoms with E-state index in [1.54, 1.807) is 0 Å². The number of hydrogen-bond donors (Lipinski definition) is 5. The predicted molar refractivity (Wildman–Crippen MR) is 148 cm³/mol. The van der Waals surface area contributed by atoms with Gasteiger partial charge in [0.25, 0.3) is 0 Å². The van der Waals surface area contributed by atoms with Crippen LogP contribution in [0.25, 0.3) is 0 Å². The van der Waals surface area contributed by atoms with E-state index in [1.807, 2.05) is 13.8 Å². The van der Waals surface area contributed by atoms with Crippen LogP contribution in [0.3, 0.4) is 0 Å². The zero-order chi connectivity index (χ0) is 27.5. The number of carbonyl (C=O) groups is 4. The summed E-state index contributed by atoms with van der Waals surface area (Å²) < 4.78 is 0. The van der Waals surface area contributed by atoms with Gasteiger partial charge in [0.1, 0.15) is 12.1 Å². The van der Waals surface area contributed by atoms with Crippen LogP contribution in [0.5, 0.6) is 0 Å². The van der Waals surface area contributed by atoms with Crippen molar-refractivity contribution >= 4 is 23.6 Å². The third kappa shape index (κ3) is 15.6. The van der Waals surface area contributed by atoms with Crippen molar-refractivity contribution in [1.29, 1.82) is 0 Å². The van der Waals surface area contributed by atoms with Gasteiger partial charge < -0.3 is 27.0 Å². The number of carbonyl (C=O) groups excluding carboxylic acids is 4. The molecule has 0 aromatic rings. The molecule has 0 spiro atoms. The fourth-order valence-corrected chi connectivity index (χ4v) is 4.69. The van der Waals surface area contributed by atoms with Crippen molar-refractivity contribution in [2.45, 2.75) is 135 Å². The standard InChI is InChI=1S/C28H53N5O4/c1-4-5-6-7-8-9-10-11-12-15-22-19-25(34)30-20-26(35)32-23(16-13-14-17-29)27(36)33-24(18-21(2)3)28(37)31-22/h21-24H,4-20,29H2,1-3H3,(H,30,34)(H,31,37)(H,32,35)(H,33,36)/t22-,23+,24+/m1/s1. The van der Waals surface area contributed by atoms with Gasteiger partial charge in [-0.2, -0.15) is 0 Å². The Bertz CT molecular complexity index is 685. The number of nitrogens with two attached hydrogens (primary N) is 1. The average Bonchev–Trinajstić information content (AvgIpc) is 2.85. The van der Waals surface area contributed by atoms with Crippen LogP contribution < -0.4 is 27.0 Å². The molecule has 3 atom stereocenters. The summed E-state index contributed by atoms with van der Waals surface area (Å²) in [5, 5.41) is 11.3. The Kier molecular flexibility index (Phi) is 17.7. The third-order valence-corrected chi connectivity index (χ3v) is 6.82. The summed E-state index contributed by atoms with van der Waals surface area (Å²) in [4.78, 5) is 51.4. The molecule has 4 amide bonds. The van der Waals surface area contributed by atoms with Crippen LogP contribution in [0.2, 0.25) is 0 Å². The second-order valence-electron chi connectivity index (χ2n) is 10.9. The van der Waals surface area contributed by atoms with E-state index >= 15 is 0 Å². The monoisotopic (exact) mass is 523 g/mol. The lowest BCUT2D eigenvalue weighted by Gasteiger charge is -2.26. The highest BCUT2D eigenvalue weighted by molar-refractivity contribution is 5.93. The SMILES string of the molecule is CCCCCCCCCCC[C@@H]1CC(=O)NCC(=O)N[C@@H](CCCCN)C(=O)N[C@@H](CC(C)C)C(=O)N1. The molecule has 1 aliphatic heterocycles. The van der Waals surface area contributed by atoms with E-state index in [0.29, 0.717) is 32.2 Å². The van der Waals surface area contributed by atoms with Crippen LogP contribution in [0.1, 0.15) is 117 Å². The molecule has 6 N–H and O–H groups in total. The van der Waals surface area contributed by atoms with Crippen molar-refractivity contribution in [2.24, 2.45) is 11.7 Å². The number of amides is 4. The summed E-state index contributed by atoms with van der Waals surface area (Å²) in [7, 11) is 0. The molecule has 1 rings (SSSR count). The molecule has 9 heteroatoms. The summed E-state index contributed by atoms with van der Waals surface area (Å²) in [6.45, 7) is 6.51. The molecule has 1 saturated heterocycles. The lowest BCUT2D eigenvalue weighted by molar-refractivity contribution is -0.132. The van der Waals surface area contributed by atoms with Gasteiger partial charge >= 0.3 is 0 Å². The second-order valence-corrected chi connectivity index (χ2v) is 10.9. The van der Waals surface area contributed by atoms with E-state index in [2.05, 4.69) is 28.2 Å². The van der Waals surface area contributed by atoms with Crippen molar-refractivity contribution in [3.8, 4) is 0 Å². The van der Waals surface area contributed by atoms with E-state index in [4.69, 9.17) is 5.73 Å². The first-order valence-corrected chi connectivity index (χ1v) is 14.6. The molecule has 0 aromatic heterocycles. The van der Waals surface area contributed by atoms with Gasteiger partial charge in [0, 0.05) is 12.5 Å². The van der Waals surface area contributed by atoms with Crippen LogP contribution >= 0.6 is 0 Å². The predicted octanol–water partition coefficient (Wildman–Crippen LogP) is 3.06. The molecule has 0 aromatic carbocycles. The highest BCUT2D eigenvalue weighted by Gasteiger charge is 2.29. The van der Waals surface area contributed by atoms with Crippen LogP contribution in [-0.4, -0.2) is 54.8 Å². The molecule has 0 bridgehead atoms. The van der Waals surface area contributed by atoms with Gasteiger partial charge in [0.15, 0.2) is 0 Å². The van der Waals surface area contributed by atoms with Gasteiger partial charge in [-0.25, -0.2) is 0 Å². The Morgan fingerprint density at radius 3 is 1.95 bits per heavy atom. The highest BCUT2D eigenvalue weighted by atomic mass is 16.2. The molecule has 1 fully saturated rings. The fraction of sp³-hybridized carbons (Fsp3) is 0.857. The van der Waals surface area contributed by atoms with E-state index in [9.17, 15) is 19.2 Å². The molecule has 0 aliphatic carbocycles. The molecule has 1 heterocycles. The van der Waals surface area contributed by atoms with Crippen LogP contribution in [0, 0.1) is 5.92 Å². The topological polar surface area (TPSA) is 142 Å². The molecule has 9 nitrogen and oxygen atoms in total. The first kappa shape index (κ1) is 32.9. The Labute approximate surface area is 224 Å². The Morgan fingerprint density at radius 2 is 1.32 bits per heavy atom. The fourth-order valence-electron chi connectivity index (χ4n) is 4.69. The summed E-state index contributed by atoms with van der Waals surface area (Å²) in [5.41, 5.74) is 5.58. The van der Waals surface area contributed by atoms with Crippen LogP contribution in [0.15, 0.2) is 0 Å². The normalized spacial score (nSPS) is 21.8. The van der Waals surface area contributed by atoms with E-state index in [1.165, 1.54) is 38.5 Å². The molecule has 0 radical (unpaired) electrons. The first-order chi connectivity index (χ1) is 17.8. The van der Waals surface area contributed by atoms with E-state index in [0.717, 1.165) is 25.7 Å². The summed E-state index contributed by atoms with van der Waals surface area (Å²) in [6, 6.07) is -1.85. The van der Waals surface area contributed by atoms with Crippen molar-refractivity contribution in [2.75, 3.05) is 13.1 Å². The second kappa shape index (κ2) is 19.9. The van der Waals surface area contributed by atoms with Gasteiger partial charge in [0.2, 0.25) is 23.6 Å². The summed E-state index contributed by atoms with van der Waals surface area (Å²) >= 11 is 0. The van der Waals surface area contributed by atoms with Gasteiger partial charge in [-0.3, -0.25) is 19.2 Å². The average molecular weight is 524 g/mol. The minimum Gasteiger partial charge on any atom is -0.351 e. The van der Waals surface area contributed by atoms with Crippen molar-refractivity contribution in [3.63, 3.8) is 0 Å². The van der Waals surface area contributed by atoms with Gasteiger partial charge in [-0.15, -0.1) is 0 Å². The molecule has 37 heavy (non-hydrogen) atoms. The lowest BCUT2D eigenvalue weighted by atomic mass is 9.99. The van der Waals surface area contributed by atoms with Gasteiger partial charge in [-0.1, -0.05) is 78.6 Å². The zero-order valence-corrected chi connectivity index (χ0v) is 23.5. The summed E-state index contributed by atoms with van der Waals surface area (Å²) in [5.74, 6) is -1.18. The molecular weight excluding hydrogens is 470 g/mol. The highest BCUT2D eigenvalue weighted by Crippen LogP contribution is 2.14. The minimum absolute atomic E-state index is 0.109.